The van der Waals surface area contributed by atoms with Crippen molar-refractivity contribution in [1.82, 2.24) is 4.90 Å². The topological polar surface area (TPSA) is 95.7 Å². The molecule has 26 heavy (non-hydrogen) atoms. The molecule has 7 nitrogen and oxygen atoms in total. The molecule has 0 aliphatic carbocycles. The Morgan fingerprint density at radius 2 is 1.73 bits per heavy atom. The number of fused-ring (bicyclic) bond motifs is 1. The zero-order valence-corrected chi connectivity index (χ0v) is 14.7. The molecule has 134 valence electrons. The van der Waals surface area contributed by atoms with Crippen LogP contribution in [0.4, 0.5) is 17.1 Å². The summed E-state index contributed by atoms with van der Waals surface area (Å²) in [6.07, 6.45) is 0. The number of benzene rings is 2. The van der Waals surface area contributed by atoms with E-state index in [4.69, 9.17) is 5.73 Å². The van der Waals surface area contributed by atoms with Crippen LogP contribution in [-0.2, 0) is 4.79 Å². The third kappa shape index (κ3) is 3.23. The van der Waals surface area contributed by atoms with E-state index in [-0.39, 0.29) is 24.3 Å². The molecular formula is C19H20N4O3. The van der Waals surface area contributed by atoms with Gasteiger partial charge in [-0.25, -0.2) is 0 Å². The molecule has 1 aliphatic heterocycles. The monoisotopic (exact) mass is 352 g/mol. The summed E-state index contributed by atoms with van der Waals surface area (Å²) in [5, 5.41) is 2.68. The Bertz CT molecular complexity index is 859. The molecule has 3 rings (SSSR count). The van der Waals surface area contributed by atoms with Crippen LogP contribution < -0.4 is 16.0 Å². The molecule has 0 aromatic heterocycles. The predicted octanol–water partition coefficient (Wildman–Crippen LogP) is 1.96. The molecule has 7 heteroatoms. The van der Waals surface area contributed by atoms with Crippen LogP contribution >= 0.6 is 0 Å². The summed E-state index contributed by atoms with van der Waals surface area (Å²) in [5.74, 6) is -0.743. The number of nitrogens with two attached hydrogens (primary N) is 1. The van der Waals surface area contributed by atoms with E-state index >= 15 is 0 Å². The Labute approximate surface area is 151 Å². The maximum absolute atomic E-state index is 12.4. The fourth-order valence-electron chi connectivity index (χ4n) is 2.90. The fraction of sp³-hybridized carbons (Fsp3) is 0.211. The molecule has 1 heterocycles. The molecule has 3 N–H and O–H groups in total. The number of carbonyl (C=O) groups is 3. The quantitative estimate of drug-likeness (QED) is 0.633. The second-order valence-electron chi connectivity index (χ2n) is 6.18. The van der Waals surface area contributed by atoms with Crippen LogP contribution in [0.5, 0.6) is 0 Å². The lowest BCUT2D eigenvalue weighted by Gasteiger charge is -2.23. The van der Waals surface area contributed by atoms with E-state index in [1.54, 1.807) is 36.4 Å². The van der Waals surface area contributed by atoms with Gasteiger partial charge in [0.25, 0.3) is 11.8 Å². The van der Waals surface area contributed by atoms with Crippen LogP contribution in [0, 0.1) is 0 Å². The number of nitrogens with one attached hydrogen (secondary N) is 1. The second kappa shape index (κ2) is 6.87. The lowest BCUT2D eigenvalue weighted by molar-refractivity contribution is -0.114. The molecule has 0 spiro atoms. The van der Waals surface area contributed by atoms with Gasteiger partial charge in [0.15, 0.2) is 0 Å². The van der Waals surface area contributed by atoms with Crippen LogP contribution in [-0.4, -0.2) is 42.8 Å². The number of rotatable bonds is 5. The average molecular weight is 352 g/mol. The number of nitrogen functional groups attached to an aromatic ring is 1. The molecule has 0 atom stereocenters. The Morgan fingerprint density at radius 1 is 1.12 bits per heavy atom. The number of anilines is 3. The Morgan fingerprint density at radius 3 is 2.31 bits per heavy atom. The Kier molecular flexibility index (Phi) is 4.62. The lowest BCUT2D eigenvalue weighted by atomic mass is 10.1. The van der Waals surface area contributed by atoms with E-state index in [1.165, 1.54) is 11.8 Å². The highest BCUT2D eigenvalue weighted by atomic mass is 16.2. The number of amides is 3. The van der Waals surface area contributed by atoms with E-state index in [2.05, 4.69) is 5.32 Å². The van der Waals surface area contributed by atoms with Gasteiger partial charge in [0.05, 0.1) is 22.5 Å². The van der Waals surface area contributed by atoms with Crippen molar-refractivity contribution in [3.63, 3.8) is 0 Å². The molecule has 0 bridgehead atoms. The highest BCUT2D eigenvalue weighted by molar-refractivity contribution is 6.21. The normalized spacial score (nSPS) is 12.9. The summed E-state index contributed by atoms with van der Waals surface area (Å²) in [6.45, 7) is 2.13. The van der Waals surface area contributed by atoms with Crippen molar-refractivity contribution in [2.24, 2.45) is 0 Å². The van der Waals surface area contributed by atoms with Gasteiger partial charge in [0, 0.05) is 32.7 Å². The van der Waals surface area contributed by atoms with Crippen LogP contribution in [0.3, 0.4) is 0 Å². The average Bonchev–Trinajstić information content (AvgIpc) is 2.86. The SMILES string of the molecule is CC(=O)Nc1cc(N(C)CCN2C(=O)c3ccccc3C2=O)ccc1N. The van der Waals surface area contributed by atoms with Gasteiger partial charge in [-0.15, -0.1) is 0 Å². The fourth-order valence-corrected chi connectivity index (χ4v) is 2.90. The first kappa shape index (κ1) is 17.5. The molecular weight excluding hydrogens is 332 g/mol. The first-order valence-corrected chi connectivity index (χ1v) is 8.22. The molecule has 2 aromatic carbocycles. The summed E-state index contributed by atoms with van der Waals surface area (Å²) in [4.78, 5) is 39.2. The van der Waals surface area contributed by atoms with Gasteiger partial charge in [-0.2, -0.15) is 0 Å². The first-order valence-electron chi connectivity index (χ1n) is 8.22. The van der Waals surface area contributed by atoms with Crippen molar-refractivity contribution in [1.29, 1.82) is 0 Å². The van der Waals surface area contributed by atoms with Gasteiger partial charge in [-0.3, -0.25) is 19.3 Å². The largest absolute Gasteiger partial charge is 0.397 e. The van der Waals surface area contributed by atoms with Crippen molar-refractivity contribution < 1.29 is 14.4 Å². The van der Waals surface area contributed by atoms with Crippen molar-refractivity contribution >= 4 is 34.8 Å². The molecule has 1 aliphatic rings. The summed E-state index contributed by atoms with van der Waals surface area (Å²) >= 11 is 0. The zero-order valence-electron chi connectivity index (χ0n) is 14.7. The van der Waals surface area contributed by atoms with Crippen LogP contribution in [0.2, 0.25) is 0 Å². The number of hydrogen-bond acceptors (Lipinski definition) is 5. The van der Waals surface area contributed by atoms with Crippen molar-refractivity contribution in [2.75, 3.05) is 36.1 Å². The molecule has 0 radical (unpaired) electrons. The van der Waals surface area contributed by atoms with Crippen molar-refractivity contribution in [2.45, 2.75) is 6.92 Å². The van der Waals surface area contributed by atoms with Gasteiger partial charge in [-0.1, -0.05) is 12.1 Å². The molecule has 0 saturated heterocycles. The zero-order chi connectivity index (χ0) is 18.8. The molecule has 0 saturated carbocycles. The minimum absolute atomic E-state index is 0.206. The van der Waals surface area contributed by atoms with Gasteiger partial charge in [-0.05, 0) is 30.3 Å². The molecule has 0 unspecified atom stereocenters. The van der Waals surface area contributed by atoms with E-state index < -0.39 is 0 Å². The molecule has 2 aromatic rings. The number of likely N-dealkylation sites (N-methyl/N-ethyl adjacent to an activating group) is 1. The van der Waals surface area contributed by atoms with Crippen LogP contribution in [0.15, 0.2) is 42.5 Å². The number of nitrogens with zero attached hydrogens (tertiary/aromatic N) is 2. The number of hydrogen-bond donors (Lipinski definition) is 2. The summed E-state index contributed by atoms with van der Waals surface area (Å²) in [7, 11) is 1.85. The summed E-state index contributed by atoms with van der Waals surface area (Å²) < 4.78 is 0. The highest BCUT2D eigenvalue weighted by Gasteiger charge is 2.34. The van der Waals surface area contributed by atoms with Crippen molar-refractivity contribution in [3.8, 4) is 0 Å². The highest BCUT2D eigenvalue weighted by Crippen LogP contribution is 2.26. The minimum atomic E-state index is -0.268. The third-order valence-electron chi connectivity index (χ3n) is 4.33. The van der Waals surface area contributed by atoms with E-state index in [1.807, 2.05) is 18.0 Å². The van der Waals surface area contributed by atoms with Gasteiger partial charge >= 0.3 is 0 Å². The summed E-state index contributed by atoms with van der Waals surface area (Å²) in [5.41, 5.74) is 8.57. The Hall–Kier alpha value is -3.35. The standard InChI is InChI=1S/C19H20N4O3/c1-12(24)21-17-11-13(7-8-16(17)20)22(2)9-10-23-18(25)14-5-3-4-6-15(14)19(23)26/h3-8,11H,9-10,20H2,1-2H3,(H,21,24). The smallest absolute Gasteiger partial charge is 0.261 e. The minimum Gasteiger partial charge on any atom is -0.397 e. The maximum Gasteiger partial charge on any atom is 0.261 e. The maximum atomic E-state index is 12.4. The predicted molar refractivity (Wildman–Crippen MR) is 100 cm³/mol. The molecule has 0 fully saturated rings. The van der Waals surface area contributed by atoms with Crippen LogP contribution in [0.1, 0.15) is 27.6 Å². The van der Waals surface area contributed by atoms with E-state index in [0.29, 0.717) is 29.0 Å². The van der Waals surface area contributed by atoms with E-state index in [9.17, 15) is 14.4 Å². The van der Waals surface area contributed by atoms with Crippen molar-refractivity contribution in [3.05, 3.63) is 53.6 Å². The van der Waals surface area contributed by atoms with Gasteiger partial charge in [0.1, 0.15) is 0 Å². The third-order valence-corrected chi connectivity index (χ3v) is 4.33. The lowest BCUT2D eigenvalue weighted by Crippen LogP contribution is -2.37. The molecule has 3 amide bonds. The van der Waals surface area contributed by atoms with E-state index in [0.717, 1.165) is 5.69 Å². The summed E-state index contributed by atoms with van der Waals surface area (Å²) in [6, 6.07) is 12.1. The van der Waals surface area contributed by atoms with Gasteiger partial charge in [0.2, 0.25) is 5.91 Å². The van der Waals surface area contributed by atoms with Gasteiger partial charge < -0.3 is 16.0 Å². The first-order chi connectivity index (χ1) is 12.4. The second-order valence-corrected chi connectivity index (χ2v) is 6.18. The van der Waals surface area contributed by atoms with Crippen LogP contribution in [0.25, 0.3) is 0 Å². The number of imide groups is 1. The number of carbonyl (C=O) groups excluding carboxylic acids is 3. The Balaban J connectivity index is 1.70.